The van der Waals surface area contributed by atoms with E-state index in [0.717, 1.165) is 57.8 Å². The second kappa shape index (κ2) is 32.5. The molecular weight excluding hydrogens is 671 g/mol. The second-order valence-electron chi connectivity index (χ2n) is 14.5. The fourth-order valence-electron chi connectivity index (χ4n) is 6.55. The van der Waals surface area contributed by atoms with E-state index in [4.69, 9.17) is 4.74 Å². The molecule has 0 aliphatic carbocycles. The van der Waals surface area contributed by atoms with Crippen LogP contribution in [0.5, 0.6) is 0 Å². The molecule has 10 nitrogen and oxygen atoms in total. The number of aliphatic hydroxyl groups is 4. The molecule has 302 valence electrons. The molecule has 0 aromatic rings. The van der Waals surface area contributed by atoms with Gasteiger partial charge < -0.3 is 34.9 Å². The van der Waals surface area contributed by atoms with Crippen LogP contribution in [0.1, 0.15) is 194 Å². The molecule has 6 N–H and O–H groups in total. The van der Waals surface area contributed by atoms with Crippen LogP contribution in [0.4, 0.5) is 0 Å². The first-order chi connectivity index (χ1) is 24.5. The predicted molar refractivity (Wildman–Crippen MR) is 206 cm³/mol. The third-order valence-corrected chi connectivity index (χ3v) is 10.9. The SMILES string of the molecule is CCCCCCCC/C=C\CCCCCCCC(=O)C(OC(C(O)CO)P(=O)(O)O)(C(=O)CCCCCCCCCCCCCCC)[C@@H](O)CO. The van der Waals surface area contributed by atoms with Gasteiger partial charge in [0.25, 0.3) is 0 Å². The van der Waals surface area contributed by atoms with Crippen LogP contribution in [-0.4, -0.2) is 78.6 Å². The van der Waals surface area contributed by atoms with Crippen LogP contribution in [0.3, 0.4) is 0 Å². The molecule has 0 aliphatic heterocycles. The van der Waals surface area contributed by atoms with Gasteiger partial charge >= 0.3 is 7.60 Å². The van der Waals surface area contributed by atoms with E-state index in [1.54, 1.807) is 0 Å². The Morgan fingerprint density at radius 2 is 0.902 bits per heavy atom. The molecule has 3 unspecified atom stereocenters. The summed E-state index contributed by atoms with van der Waals surface area (Å²) in [4.78, 5) is 47.3. The van der Waals surface area contributed by atoms with E-state index in [1.165, 1.54) is 83.5 Å². The number of ketones is 2. The Kier molecular flexibility index (Phi) is 31.8. The third-order valence-electron chi connectivity index (χ3n) is 9.80. The van der Waals surface area contributed by atoms with Gasteiger partial charge in [0.1, 0.15) is 12.2 Å². The van der Waals surface area contributed by atoms with Crippen LogP contribution in [0, 0.1) is 0 Å². The zero-order valence-electron chi connectivity index (χ0n) is 32.4. The standard InChI is InChI=1S/C40H77O10P/c1-3-5-7-9-11-13-15-17-18-20-22-24-26-28-30-32-37(45)40(38(46)34-42,50-39(35(43)33-41)51(47,48)49)36(44)31-29-27-25-23-21-19-16-14-12-10-8-6-4-2/h17-18,35,38-39,41-43,46H,3-16,19-34H2,1-2H3,(H2,47,48,49)/b18-17-/t35?,38-,39?,40?/m0/s1. The normalized spacial score (nSPS) is 15.2. The van der Waals surface area contributed by atoms with E-state index in [2.05, 4.69) is 26.0 Å². The fourth-order valence-corrected chi connectivity index (χ4v) is 7.39. The molecule has 0 fully saturated rings. The van der Waals surface area contributed by atoms with E-state index < -0.39 is 56.0 Å². The molecule has 0 bridgehead atoms. The summed E-state index contributed by atoms with van der Waals surface area (Å²) < 4.78 is 17.8. The van der Waals surface area contributed by atoms with Crippen molar-refractivity contribution < 1.29 is 49.1 Å². The Bertz CT molecular complexity index is 923. The Hall–Kier alpha value is -0.970. The van der Waals surface area contributed by atoms with Crippen molar-refractivity contribution in [3.8, 4) is 0 Å². The minimum atomic E-state index is -5.33. The van der Waals surface area contributed by atoms with Gasteiger partial charge in [-0.25, -0.2) is 0 Å². The van der Waals surface area contributed by atoms with Gasteiger partial charge in [-0.1, -0.05) is 154 Å². The number of Topliss-reactive ketones (excluding diaryl/α,β-unsaturated/α-hetero) is 2. The van der Waals surface area contributed by atoms with Crippen LogP contribution in [0.2, 0.25) is 0 Å². The maximum atomic E-state index is 13.7. The molecule has 0 saturated carbocycles. The lowest BCUT2D eigenvalue weighted by atomic mass is 9.82. The number of hydrogen-bond acceptors (Lipinski definition) is 8. The average Bonchev–Trinajstić information content (AvgIpc) is 3.11. The first-order valence-electron chi connectivity index (χ1n) is 20.5. The van der Waals surface area contributed by atoms with Gasteiger partial charge in [0.05, 0.1) is 13.2 Å². The summed E-state index contributed by atoms with van der Waals surface area (Å²) in [7, 11) is -5.33. The van der Waals surface area contributed by atoms with Crippen LogP contribution >= 0.6 is 7.60 Å². The van der Waals surface area contributed by atoms with Gasteiger partial charge in [-0.05, 0) is 38.5 Å². The number of rotatable bonds is 38. The minimum absolute atomic E-state index is 0.212. The summed E-state index contributed by atoms with van der Waals surface area (Å²) in [6, 6.07) is 0. The van der Waals surface area contributed by atoms with Crippen molar-refractivity contribution >= 4 is 19.2 Å². The number of allylic oxidation sites excluding steroid dienone is 2. The number of aliphatic hydroxyl groups excluding tert-OH is 4. The Morgan fingerprint density at radius 1 is 0.569 bits per heavy atom. The summed E-state index contributed by atoms with van der Waals surface area (Å²) in [6.45, 7) is 2.24. The van der Waals surface area contributed by atoms with E-state index in [0.29, 0.717) is 25.7 Å². The van der Waals surface area contributed by atoms with E-state index in [-0.39, 0.29) is 12.8 Å². The summed E-state index contributed by atoms with van der Waals surface area (Å²) >= 11 is 0. The molecule has 0 aromatic carbocycles. The Balaban J connectivity index is 5.08. The zero-order chi connectivity index (χ0) is 38.2. The fraction of sp³-hybridized carbons (Fsp3) is 0.900. The van der Waals surface area contributed by atoms with Crippen molar-refractivity contribution in [2.75, 3.05) is 13.2 Å². The van der Waals surface area contributed by atoms with Crippen molar-refractivity contribution in [2.45, 2.75) is 217 Å². The van der Waals surface area contributed by atoms with Gasteiger partial charge in [-0.15, -0.1) is 0 Å². The van der Waals surface area contributed by atoms with Crippen molar-refractivity contribution in [3.05, 3.63) is 12.2 Å². The third kappa shape index (κ3) is 23.4. The van der Waals surface area contributed by atoms with Crippen molar-refractivity contribution in [1.29, 1.82) is 0 Å². The van der Waals surface area contributed by atoms with Gasteiger partial charge in [0.2, 0.25) is 5.60 Å². The zero-order valence-corrected chi connectivity index (χ0v) is 33.3. The highest BCUT2D eigenvalue weighted by Gasteiger charge is 2.56. The molecule has 51 heavy (non-hydrogen) atoms. The molecule has 0 aromatic heterocycles. The molecule has 0 aliphatic rings. The lowest BCUT2D eigenvalue weighted by Crippen LogP contribution is -2.61. The highest BCUT2D eigenvalue weighted by atomic mass is 31.2. The van der Waals surface area contributed by atoms with Crippen molar-refractivity contribution in [2.24, 2.45) is 0 Å². The molecule has 4 atom stereocenters. The van der Waals surface area contributed by atoms with Crippen LogP contribution in [0.25, 0.3) is 0 Å². The molecular formula is C40H77O10P. The second-order valence-corrected chi connectivity index (χ2v) is 16.1. The molecule has 0 amide bonds. The predicted octanol–water partition coefficient (Wildman–Crippen LogP) is 8.61. The number of carbonyl (C=O) groups is 2. The number of ether oxygens (including phenoxy) is 1. The first-order valence-corrected chi connectivity index (χ1v) is 22.2. The molecule has 0 saturated heterocycles. The monoisotopic (exact) mass is 749 g/mol. The average molecular weight is 749 g/mol. The topological polar surface area (TPSA) is 182 Å². The smallest absolute Gasteiger partial charge is 0.356 e. The van der Waals surface area contributed by atoms with Gasteiger partial charge in [-0.3, -0.25) is 14.2 Å². The highest BCUT2D eigenvalue weighted by Crippen LogP contribution is 2.46. The van der Waals surface area contributed by atoms with Crippen molar-refractivity contribution in [1.82, 2.24) is 0 Å². The van der Waals surface area contributed by atoms with Gasteiger partial charge in [0, 0.05) is 12.8 Å². The quantitative estimate of drug-likeness (QED) is 0.0155. The number of hydrogen-bond donors (Lipinski definition) is 6. The molecule has 0 spiro atoms. The van der Waals surface area contributed by atoms with E-state index >= 15 is 0 Å². The molecule has 0 radical (unpaired) electrons. The summed E-state index contributed by atoms with van der Waals surface area (Å²) in [5.74, 6) is -4.24. The first kappa shape index (κ1) is 50.0. The molecule has 0 rings (SSSR count). The van der Waals surface area contributed by atoms with Crippen LogP contribution < -0.4 is 0 Å². The van der Waals surface area contributed by atoms with Gasteiger partial charge in [-0.2, -0.15) is 0 Å². The lowest BCUT2D eigenvalue weighted by Gasteiger charge is -2.38. The van der Waals surface area contributed by atoms with E-state index in [1.807, 2.05) is 0 Å². The summed E-state index contributed by atoms with van der Waals surface area (Å²) in [6.07, 6.45) is 27.5. The highest BCUT2D eigenvalue weighted by molar-refractivity contribution is 7.52. The minimum Gasteiger partial charge on any atom is -0.394 e. The summed E-state index contributed by atoms with van der Waals surface area (Å²) in [5.41, 5.74) is -2.78. The van der Waals surface area contributed by atoms with Crippen molar-refractivity contribution in [3.63, 3.8) is 0 Å². The lowest BCUT2D eigenvalue weighted by molar-refractivity contribution is -0.190. The van der Waals surface area contributed by atoms with Crippen LogP contribution in [0.15, 0.2) is 12.2 Å². The van der Waals surface area contributed by atoms with Gasteiger partial charge in [0.15, 0.2) is 17.4 Å². The Morgan fingerprint density at radius 3 is 1.22 bits per heavy atom. The number of carbonyl (C=O) groups excluding carboxylic acids is 2. The number of unbranched alkanes of at least 4 members (excludes halogenated alkanes) is 23. The summed E-state index contributed by atoms with van der Waals surface area (Å²) in [5, 5.41) is 40.5. The molecule has 11 heteroatoms. The Labute approximate surface area is 310 Å². The maximum Gasteiger partial charge on any atom is 0.356 e. The van der Waals surface area contributed by atoms with E-state index in [9.17, 15) is 44.4 Å². The largest absolute Gasteiger partial charge is 0.394 e. The molecule has 0 heterocycles. The van der Waals surface area contributed by atoms with Crippen LogP contribution in [-0.2, 0) is 18.9 Å². The maximum absolute atomic E-state index is 13.7.